The van der Waals surface area contributed by atoms with Gasteiger partial charge < -0.3 is 20.1 Å². The average Bonchev–Trinajstić information content (AvgIpc) is 2.78. The van der Waals surface area contributed by atoms with E-state index in [1.165, 1.54) is 5.56 Å². The zero-order chi connectivity index (χ0) is 20.6. The second-order valence-corrected chi connectivity index (χ2v) is 6.48. The number of aryl methyl sites for hydroxylation is 1. The van der Waals surface area contributed by atoms with Gasteiger partial charge in [-0.1, -0.05) is 25.1 Å². The van der Waals surface area contributed by atoms with Crippen molar-refractivity contribution < 1.29 is 14.3 Å². The van der Waals surface area contributed by atoms with E-state index in [9.17, 15) is 4.79 Å². The van der Waals surface area contributed by atoms with E-state index in [0.29, 0.717) is 29.4 Å². The Morgan fingerprint density at radius 2 is 1.66 bits per heavy atom. The van der Waals surface area contributed by atoms with Crippen molar-refractivity contribution in [2.24, 2.45) is 0 Å². The first kappa shape index (κ1) is 20.2. The van der Waals surface area contributed by atoms with Crippen molar-refractivity contribution >= 4 is 17.4 Å². The highest BCUT2D eigenvalue weighted by molar-refractivity contribution is 6.04. The zero-order valence-electron chi connectivity index (χ0n) is 16.9. The second-order valence-electron chi connectivity index (χ2n) is 6.48. The van der Waals surface area contributed by atoms with E-state index in [1.807, 2.05) is 42.5 Å². The van der Waals surface area contributed by atoms with Crippen molar-refractivity contribution in [3.8, 4) is 11.5 Å². The fraction of sp³-hybridized carbons (Fsp3) is 0.217. The molecule has 0 aliphatic rings. The Hall–Kier alpha value is -3.54. The second kappa shape index (κ2) is 9.59. The number of pyridine rings is 1. The Balaban J connectivity index is 1.58. The summed E-state index contributed by atoms with van der Waals surface area (Å²) in [6.07, 6.45) is 2.53. The molecule has 3 rings (SSSR count). The molecule has 6 heteroatoms. The third kappa shape index (κ3) is 5.25. The minimum absolute atomic E-state index is 0.187. The van der Waals surface area contributed by atoms with Crippen LogP contribution in [-0.4, -0.2) is 25.1 Å². The lowest BCUT2D eigenvalue weighted by atomic mass is 10.1. The van der Waals surface area contributed by atoms with E-state index in [-0.39, 0.29) is 5.91 Å². The van der Waals surface area contributed by atoms with Crippen LogP contribution in [0.5, 0.6) is 11.5 Å². The summed E-state index contributed by atoms with van der Waals surface area (Å²) in [6.45, 7) is 2.67. The highest BCUT2D eigenvalue weighted by Gasteiger charge is 2.08. The molecule has 0 unspecified atom stereocenters. The number of nitrogens with zero attached hydrogens (tertiary/aromatic N) is 1. The molecule has 0 radical (unpaired) electrons. The van der Waals surface area contributed by atoms with E-state index in [2.05, 4.69) is 22.5 Å². The van der Waals surface area contributed by atoms with Crippen molar-refractivity contribution in [1.29, 1.82) is 0 Å². The van der Waals surface area contributed by atoms with Gasteiger partial charge in [-0.05, 0) is 53.9 Å². The number of aromatic nitrogens is 1. The summed E-state index contributed by atoms with van der Waals surface area (Å²) in [4.78, 5) is 16.7. The average molecular weight is 391 g/mol. The van der Waals surface area contributed by atoms with Gasteiger partial charge in [-0.3, -0.25) is 4.79 Å². The van der Waals surface area contributed by atoms with Gasteiger partial charge in [0.25, 0.3) is 5.91 Å². The molecule has 2 aromatic carbocycles. The number of nitrogens with one attached hydrogen (secondary N) is 2. The smallest absolute Gasteiger partial charge is 0.257 e. The number of carbonyl (C=O) groups excluding carboxylic acids is 1. The van der Waals surface area contributed by atoms with E-state index >= 15 is 0 Å². The number of hydrogen-bond acceptors (Lipinski definition) is 5. The van der Waals surface area contributed by atoms with Crippen LogP contribution < -0.4 is 20.1 Å². The third-order valence-electron chi connectivity index (χ3n) is 4.57. The molecular weight excluding hydrogens is 366 g/mol. The van der Waals surface area contributed by atoms with E-state index in [4.69, 9.17) is 9.47 Å². The van der Waals surface area contributed by atoms with Crippen LogP contribution in [0.4, 0.5) is 11.5 Å². The standard InChI is InChI=1S/C23H25N3O3/c1-4-16-5-9-19(10-6-16)26-23(27)18-8-12-22(25-15-18)24-14-17-7-11-20(28-2)21(13-17)29-3/h5-13,15H,4,14H2,1-3H3,(H,24,25)(H,26,27). The fourth-order valence-corrected chi connectivity index (χ4v) is 2.84. The molecule has 1 aromatic heterocycles. The molecule has 29 heavy (non-hydrogen) atoms. The van der Waals surface area contributed by atoms with Crippen molar-refractivity contribution in [2.75, 3.05) is 24.9 Å². The van der Waals surface area contributed by atoms with Gasteiger partial charge in [0.05, 0.1) is 19.8 Å². The quantitative estimate of drug-likeness (QED) is 0.590. The third-order valence-corrected chi connectivity index (χ3v) is 4.57. The summed E-state index contributed by atoms with van der Waals surface area (Å²) in [5.41, 5.74) is 3.53. The number of carbonyl (C=O) groups is 1. The van der Waals surface area contributed by atoms with Crippen LogP contribution in [-0.2, 0) is 13.0 Å². The molecule has 0 aliphatic carbocycles. The monoisotopic (exact) mass is 391 g/mol. The number of rotatable bonds is 8. The highest BCUT2D eigenvalue weighted by atomic mass is 16.5. The van der Waals surface area contributed by atoms with E-state index in [0.717, 1.165) is 17.7 Å². The largest absolute Gasteiger partial charge is 0.493 e. The number of methoxy groups -OCH3 is 2. The maximum atomic E-state index is 12.4. The van der Waals surface area contributed by atoms with Gasteiger partial charge in [-0.15, -0.1) is 0 Å². The lowest BCUT2D eigenvalue weighted by molar-refractivity contribution is 0.102. The minimum Gasteiger partial charge on any atom is -0.493 e. The maximum Gasteiger partial charge on any atom is 0.257 e. The van der Waals surface area contributed by atoms with Crippen molar-refractivity contribution in [3.63, 3.8) is 0 Å². The lowest BCUT2D eigenvalue weighted by Crippen LogP contribution is -2.12. The van der Waals surface area contributed by atoms with Gasteiger partial charge in [0.1, 0.15) is 5.82 Å². The molecule has 0 spiro atoms. The number of benzene rings is 2. The molecule has 1 amide bonds. The minimum atomic E-state index is -0.187. The number of anilines is 2. The van der Waals surface area contributed by atoms with Gasteiger partial charge >= 0.3 is 0 Å². The highest BCUT2D eigenvalue weighted by Crippen LogP contribution is 2.27. The van der Waals surface area contributed by atoms with Crippen molar-refractivity contribution in [1.82, 2.24) is 4.98 Å². The van der Waals surface area contributed by atoms with Gasteiger partial charge in [-0.25, -0.2) is 4.98 Å². The molecule has 0 saturated heterocycles. The zero-order valence-corrected chi connectivity index (χ0v) is 16.9. The van der Waals surface area contributed by atoms with Crippen LogP contribution in [0.3, 0.4) is 0 Å². The van der Waals surface area contributed by atoms with Gasteiger partial charge in [0.2, 0.25) is 0 Å². The first-order valence-electron chi connectivity index (χ1n) is 9.44. The number of ether oxygens (including phenoxy) is 2. The molecule has 3 aromatic rings. The van der Waals surface area contributed by atoms with Crippen LogP contribution in [0.25, 0.3) is 0 Å². The van der Waals surface area contributed by atoms with Crippen LogP contribution in [0.2, 0.25) is 0 Å². The van der Waals surface area contributed by atoms with Crippen LogP contribution in [0.15, 0.2) is 60.8 Å². The molecule has 6 nitrogen and oxygen atoms in total. The van der Waals surface area contributed by atoms with Crippen LogP contribution in [0.1, 0.15) is 28.4 Å². The van der Waals surface area contributed by atoms with Crippen molar-refractivity contribution in [2.45, 2.75) is 19.9 Å². The van der Waals surface area contributed by atoms with E-state index < -0.39 is 0 Å². The van der Waals surface area contributed by atoms with E-state index in [1.54, 1.807) is 32.5 Å². The number of amides is 1. The topological polar surface area (TPSA) is 72.5 Å². The first-order valence-corrected chi connectivity index (χ1v) is 9.44. The summed E-state index contributed by atoms with van der Waals surface area (Å²) in [6, 6.07) is 17.1. The predicted octanol–water partition coefficient (Wildman–Crippen LogP) is 4.53. The van der Waals surface area contributed by atoms with Gasteiger partial charge in [0.15, 0.2) is 11.5 Å². The molecule has 0 fully saturated rings. The molecule has 2 N–H and O–H groups in total. The molecule has 1 heterocycles. The first-order chi connectivity index (χ1) is 14.1. The lowest BCUT2D eigenvalue weighted by Gasteiger charge is -2.11. The summed E-state index contributed by atoms with van der Waals surface area (Å²) >= 11 is 0. The van der Waals surface area contributed by atoms with Crippen LogP contribution >= 0.6 is 0 Å². The van der Waals surface area contributed by atoms with Crippen molar-refractivity contribution in [3.05, 3.63) is 77.5 Å². The van der Waals surface area contributed by atoms with Crippen LogP contribution in [0, 0.1) is 0 Å². The molecule has 0 bridgehead atoms. The van der Waals surface area contributed by atoms with Gasteiger partial charge in [0, 0.05) is 18.4 Å². The molecular formula is C23H25N3O3. The molecule has 150 valence electrons. The Morgan fingerprint density at radius 1 is 0.931 bits per heavy atom. The summed E-state index contributed by atoms with van der Waals surface area (Å²) in [7, 11) is 3.22. The maximum absolute atomic E-state index is 12.4. The summed E-state index contributed by atoms with van der Waals surface area (Å²) < 4.78 is 10.6. The molecule has 0 aliphatic heterocycles. The predicted molar refractivity (Wildman–Crippen MR) is 115 cm³/mol. The fourth-order valence-electron chi connectivity index (χ4n) is 2.84. The number of hydrogen-bond donors (Lipinski definition) is 2. The van der Waals surface area contributed by atoms with Gasteiger partial charge in [-0.2, -0.15) is 0 Å². The normalized spacial score (nSPS) is 10.3. The molecule has 0 saturated carbocycles. The summed E-state index contributed by atoms with van der Waals surface area (Å²) in [5.74, 6) is 1.87. The Bertz CT molecular complexity index is 954. The Kier molecular flexibility index (Phi) is 6.68. The Morgan fingerprint density at radius 3 is 2.28 bits per heavy atom. The molecule has 0 atom stereocenters. The summed E-state index contributed by atoms with van der Waals surface area (Å²) in [5, 5.41) is 6.12. The SMILES string of the molecule is CCc1ccc(NC(=O)c2ccc(NCc3ccc(OC)c(OC)c3)nc2)cc1. The Labute approximate surface area is 170 Å².